The third-order valence-electron chi connectivity index (χ3n) is 3.27. The average molecular weight is 476 g/mol. The summed E-state index contributed by atoms with van der Waals surface area (Å²) in [6.45, 7) is 0. The van der Waals surface area contributed by atoms with E-state index in [1.54, 1.807) is 0 Å². The molecule has 0 radical (unpaired) electrons. The molecule has 0 heterocycles. The van der Waals surface area contributed by atoms with E-state index in [1.165, 1.54) is 0 Å². The van der Waals surface area contributed by atoms with Crippen molar-refractivity contribution in [1.29, 1.82) is 0 Å². The van der Waals surface area contributed by atoms with Crippen molar-refractivity contribution >= 4 is 10.1 Å². The molecule has 0 N–H and O–H groups in total. The first-order chi connectivity index (χ1) is 12.4. The van der Waals surface area contributed by atoms with E-state index in [0.717, 1.165) is 0 Å². The van der Waals surface area contributed by atoms with E-state index < -0.39 is 77.3 Å². The molecular weight excluding hydrogens is 466 g/mol. The molecule has 170 valence electrons. The van der Waals surface area contributed by atoms with Crippen LogP contribution >= 0.6 is 0 Å². The predicted octanol–water partition coefficient (Wildman–Crippen LogP) is 0.436. The molecule has 0 aliphatic carbocycles. The normalized spacial score (nSPS) is 22.6. The zero-order chi connectivity index (χ0) is 22.8. The molecule has 0 saturated carbocycles. The molecule has 0 aromatic rings. The zero-order valence-electron chi connectivity index (χ0n) is 13.8. The van der Waals surface area contributed by atoms with Crippen molar-refractivity contribution in [3.63, 3.8) is 0 Å². The number of halogens is 13. The smallest absolute Gasteiger partial charge is 0.746 e. The molecule has 29 heavy (non-hydrogen) atoms. The monoisotopic (exact) mass is 476 g/mol. The molecule has 0 aromatic heterocycles. The van der Waals surface area contributed by atoms with E-state index in [-0.39, 0.29) is 18.9 Å². The number of hydrogen-bond acceptors (Lipinski definition) is 3. The van der Waals surface area contributed by atoms with Gasteiger partial charge in [0, 0.05) is 0 Å². The minimum atomic E-state index is -6.63. The Morgan fingerprint density at radius 1 is 0.586 bits per heavy atom. The molecule has 3 nitrogen and oxygen atoms in total. The van der Waals surface area contributed by atoms with Crippen LogP contribution in [0.15, 0.2) is 0 Å². The van der Waals surface area contributed by atoms with Gasteiger partial charge in [0.15, 0.2) is 43.2 Å². The van der Waals surface area contributed by atoms with Gasteiger partial charge in [-0.3, -0.25) is 0 Å². The Labute approximate surface area is 166 Å². The fourth-order valence-corrected chi connectivity index (χ4v) is 2.22. The quantitative estimate of drug-likeness (QED) is 0.247. The summed E-state index contributed by atoms with van der Waals surface area (Å²) >= 11 is 0. The van der Waals surface area contributed by atoms with Gasteiger partial charge >= 0.3 is 24.8 Å². The van der Waals surface area contributed by atoms with E-state index in [2.05, 4.69) is 0 Å². The van der Waals surface area contributed by atoms with Gasteiger partial charge in [-0.05, 0) is 0 Å². The molecule has 0 saturated heterocycles. The average Bonchev–Trinajstić information content (AvgIpc) is 2.61. The van der Waals surface area contributed by atoms with Crippen LogP contribution in [0.1, 0.15) is 0 Å². The molecule has 0 aliphatic heterocycles. The van der Waals surface area contributed by atoms with Crippen molar-refractivity contribution in [2.45, 2.75) is 67.2 Å². The van der Waals surface area contributed by atoms with Crippen LogP contribution in [0, 0.1) is 0 Å². The first kappa shape index (κ1) is 30.8. The molecule has 0 aliphatic rings. The maximum atomic E-state index is 13.3. The van der Waals surface area contributed by atoms with Crippen LogP contribution in [0.3, 0.4) is 0 Å². The fourth-order valence-electron chi connectivity index (χ4n) is 1.71. The molecule has 0 fully saturated rings. The number of hydrogen-bond donors (Lipinski definition) is 0. The second kappa shape index (κ2) is 11.3. The van der Waals surface area contributed by atoms with E-state index >= 15 is 0 Å². The van der Waals surface area contributed by atoms with Crippen LogP contribution in [0.25, 0.3) is 0 Å². The van der Waals surface area contributed by atoms with Gasteiger partial charge in [-0.2, -0.15) is 8.78 Å². The van der Waals surface area contributed by atoms with Gasteiger partial charge < -0.3 is 4.55 Å². The summed E-state index contributed by atoms with van der Waals surface area (Å²) in [6, 6.07) is 0. The first-order valence-corrected chi connectivity index (χ1v) is 8.23. The van der Waals surface area contributed by atoms with Crippen LogP contribution in [0.5, 0.6) is 0 Å². The van der Waals surface area contributed by atoms with Gasteiger partial charge in [-0.15, -0.1) is 0 Å². The summed E-state index contributed by atoms with van der Waals surface area (Å²) in [4.78, 5) is 0. The Morgan fingerprint density at radius 2 is 0.862 bits per heavy atom. The SMILES string of the molecule is O=S(=O)([O-])C(F)C(F)(F)C(F)C(F)C(F)C(F)C(F)C(F)C(F)C(F)C(F)F.[Li+]. The van der Waals surface area contributed by atoms with Gasteiger partial charge in [0.2, 0.25) is 6.17 Å². The van der Waals surface area contributed by atoms with Gasteiger partial charge in [0.25, 0.3) is 11.9 Å². The largest absolute Gasteiger partial charge is 1.00 e. The Balaban J connectivity index is 0. The van der Waals surface area contributed by atoms with Crippen molar-refractivity contribution in [3.8, 4) is 0 Å². The second-order valence-electron chi connectivity index (χ2n) is 5.33. The van der Waals surface area contributed by atoms with E-state index in [0.29, 0.717) is 0 Å². The maximum Gasteiger partial charge on any atom is 1.00 e. The summed E-state index contributed by atoms with van der Waals surface area (Å²) in [5.41, 5.74) is -4.98. The standard InChI is InChI=1S/C11H11F13O3S.Li/c12-1(3(14)5(16)7(18)9(20)21)2(13)4(15)6(17)8(19)11(23,24)10(22)28(25,26)27;/h1-10H,(H,25,26,27);/q;+1/p-1. The van der Waals surface area contributed by atoms with Crippen molar-refractivity contribution < 1.29 is 88.9 Å². The molecule has 9 unspecified atom stereocenters. The van der Waals surface area contributed by atoms with Crippen molar-refractivity contribution in [2.75, 3.05) is 0 Å². The molecule has 0 aromatic carbocycles. The Hall–Kier alpha value is -0.403. The van der Waals surface area contributed by atoms with Crippen molar-refractivity contribution in [1.82, 2.24) is 0 Å². The Kier molecular flexibility index (Phi) is 12.0. The molecule has 0 spiro atoms. The Morgan fingerprint density at radius 3 is 1.14 bits per heavy atom. The second-order valence-corrected chi connectivity index (χ2v) is 6.73. The van der Waals surface area contributed by atoms with E-state index in [1.807, 2.05) is 0 Å². The van der Waals surface area contributed by atoms with Gasteiger partial charge in [-0.1, -0.05) is 0 Å². The van der Waals surface area contributed by atoms with E-state index in [4.69, 9.17) is 0 Å². The van der Waals surface area contributed by atoms with E-state index in [9.17, 15) is 70.0 Å². The molecule has 9 atom stereocenters. The van der Waals surface area contributed by atoms with Crippen molar-refractivity contribution in [2.24, 2.45) is 0 Å². The minimum absolute atomic E-state index is 0. The van der Waals surface area contributed by atoms with Gasteiger partial charge in [0.05, 0.1) is 0 Å². The predicted molar refractivity (Wildman–Crippen MR) is 64.7 cm³/mol. The van der Waals surface area contributed by atoms with Crippen LogP contribution in [0.2, 0.25) is 0 Å². The topological polar surface area (TPSA) is 57.2 Å². The van der Waals surface area contributed by atoms with Crippen LogP contribution < -0.4 is 18.9 Å². The van der Waals surface area contributed by atoms with Crippen LogP contribution in [-0.2, 0) is 10.1 Å². The van der Waals surface area contributed by atoms with Crippen LogP contribution in [-0.4, -0.2) is 80.2 Å². The molecule has 18 heteroatoms. The summed E-state index contributed by atoms with van der Waals surface area (Å²) in [6.07, 6.45) is -39.4. The molecule has 0 amide bonds. The maximum absolute atomic E-state index is 13.3. The fraction of sp³-hybridized carbons (Fsp3) is 1.00. The van der Waals surface area contributed by atoms with Gasteiger partial charge in [0.1, 0.15) is 10.1 Å². The summed E-state index contributed by atoms with van der Waals surface area (Å²) < 4.78 is 198. The first-order valence-electron chi connectivity index (χ1n) is 6.76. The third-order valence-corrected chi connectivity index (χ3v) is 4.09. The molecular formula is C11H10F13LiO3S. The zero-order valence-corrected chi connectivity index (χ0v) is 14.6. The third kappa shape index (κ3) is 7.35. The van der Waals surface area contributed by atoms with Gasteiger partial charge in [-0.25, -0.2) is 56.7 Å². The van der Waals surface area contributed by atoms with Crippen molar-refractivity contribution in [3.05, 3.63) is 0 Å². The molecule has 0 bridgehead atoms. The summed E-state index contributed by atoms with van der Waals surface area (Å²) in [5.74, 6) is -6.12. The summed E-state index contributed by atoms with van der Waals surface area (Å²) in [7, 11) is -6.63. The minimum Gasteiger partial charge on any atom is -0.746 e. The van der Waals surface area contributed by atoms with Crippen LogP contribution in [0.4, 0.5) is 57.1 Å². The molecule has 0 rings (SSSR count). The number of rotatable bonds is 11. The Bertz CT molecular complexity index is 597. The summed E-state index contributed by atoms with van der Waals surface area (Å²) in [5, 5.41) is 0. The number of alkyl halides is 13.